The van der Waals surface area contributed by atoms with Crippen molar-refractivity contribution in [2.45, 2.75) is 55.8 Å². The number of rotatable bonds is 6. The van der Waals surface area contributed by atoms with Crippen molar-refractivity contribution in [1.82, 2.24) is 15.5 Å². The van der Waals surface area contributed by atoms with Gasteiger partial charge >= 0.3 is 12.0 Å². The molecule has 1 aromatic rings. The molecule has 0 aromatic heterocycles. The Morgan fingerprint density at radius 2 is 1.91 bits per heavy atom. The lowest BCUT2D eigenvalue weighted by atomic mass is 9.71. The first-order chi connectivity index (χ1) is 15.5. The highest BCUT2D eigenvalue weighted by Gasteiger charge is 2.62. The van der Waals surface area contributed by atoms with Gasteiger partial charge in [-0.25, -0.2) is 23.1 Å². The van der Waals surface area contributed by atoms with Crippen LogP contribution >= 0.6 is 0 Å². The molecule has 178 valence electrons. The van der Waals surface area contributed by atoms with Crippen LogP contribution in [0.25, 0.3) is 0 Å². The van der Waals surface area contributed by atoms with E-state index in [1.165, 1.54) is 36.1 Å². The van der Waals surface area contributed by atoms with E-state index in [0.29, 0.717) is 24.0 Å². The van der Waals surface area contributed by atoms with Crippen LogP contribution in [0.5, 0.6) is 0 Å². The lowest BCUT2D eigenvalue weighted by Crippen LogP contribution is -2.64. The molecule has 2 fully saturated rings. The van der Waals surface area contributed by atoms with Crippen molar-refractivity contribution in [3.8, 4) is 0 Å². The van der Waals surface area contributed by atoms with E-state index in [2.05, 4.69) is 10.6 Å². The number of aliphatic carboxylic acids is 1. The molecule has 1 aromatic carbocycles. The molecular weight excluding hydrogens is 452 g/mol. The smallest absolute Gasteiger partial charge is 0.352 e. The number of aliphatic hydroxyl groups excluding tert-OH is 1. The molecule has 5 atom stereocenters. The number of urea groups is 1. The number of carbonyl (C=O) groups is 3. The highest BCUT2D eigenvalue weighted by Crippen LogP contribution is 2.52. The molecule has 11 nitrogen and oxygen atoms in total. The van der Waals surface area contributed by atoms with Crippen molar-refractivity contribution in [2.75, 3.05) is 0 Å². The van der Waals surface area contributed by atoms with Crippen LogP contribution in [0.3, 0.4) is 0 Å². The van der Waals surface area contributed by atoms with Gasteiger partial charge in [0.1, 0.15) is 5.70 Å². The summed E-state index contributed by atoms with van der Waals surface area (Å²) in [5, 5.41) is 30.4. The predicted molar refractivity (Wildman–Crippen MR) is 115 cm³/mol. The van der Waals surface area contributed by atoms with Crippen molar-refractivity contribution in [2.24, 2.45) is 17.0 Å². The summed E-state index contributed by atoms with van der Waals surface area (Å²) < 4.78 is 22.7. The molecular formula is C21H26N4O7S. The van der Waals surface area contributed by atoms with Gasteiger partial charge in [-0.05, 0) is 43.0 Å². The van der Waals surface area contributed by atoms with E-state index in [0.717, 1.165) is 6.42 Å². The number of carbonyl (C=O) groups excluding carboxylic acids is 2. The fraction of sp³-hybridized carbons (Fsp3) is 0.476. The number of nitrogens with one attached hydrogen (secondary N) is 2. The number of fused-ring (bicyclic) bond motifs is 3. The number of carboxylic acids is 1. The van der Waals surface area contributed by atoms with Gasteiger partial charge in [-0.1, -0.05) is 18.6 Å². The fourth-order valence-electron chi connectivity index (χ4n) is 5.22. The minimum absolute atomic E-state index is 0.0343. The molecule has 1 aliphatic carbocycles. The van der Waals surface area contributed by atoms with Crippen LogP contribution in [-0.4, -0.2) is 59.6 Å². The van der Waals surface area contributed by atoms with E-state index in [4.69, 9.17) is 5.14 Å². The van der Waals surface area contributed by atoms with E-state index < -0.39 is 52.0 Å². The Morgan fingerprint density at radius 3 is 2.48 bits per heavy atom. The second-order valence-corrected chi connectivity index (χ2v) is 10.2. The summed E-state index contributed by atoms with van der Waals surface area (Å²) in [5.41, 5.74) is 1.10. The summed E-state index contributed by atoms with van der Waals surface area (Å²) in [4.78, 5) is 38.4. The number of amides is 3. The van der Waals surface area contributed by atoms with Crippen molar-refractivity contribution in [3.05, 3.63) is 41.1 Å². The molecule has 3 aliphatic rings. The van der Waals surface area contributed by atoms with Gasteiger partial charge in [-0.15, -0.1) is 0 Å². The zero-order valence-electron chi connectivity index (χ0n) is 17.9. The number of aliphatic hydroxyl groups is 1. The average Bonchev–Trinajstić information content (AvgIpc) is 3.03. The second-order valence-electron chi connectivity index (χ2n) is 8.68. The minimum Gasteiger partial charge on any atom is -0.477 e. The van der Waals surface area contributed by atoms with Crippen molar-refractivity contribution < 1.29 is 33.0 Å². The van der Waals surface area contributed by atoms with E-state index in [9.17, 15) is 33.0 Å². The number of nitrogens with zero attached hydrogens (tertiary/aromatic N) is 1. The maximum Gasteiger partial charge on any atom is 0.352 e. The SMILES string of the molecule is CC(O)[C@H]1C(=O)N2C(C(=O)O)=C3[C@@H](NC(=O)NCc4ccc(S(N)(=O)=O)cc4)CCC[C@@H]3[C@H]12. The van der Waals surface area contributed by atoms with Gasteiger partial charge in [0.2, 0.25) is 15.9 Å². The van der Waals surface area contributed by atoms with Crippen LogP contribution in [0, 0.1) is 11.8 Å². The largest absolute Gasteiger partial charge is 0.477 e. The van der Waals surface area contributed by atoms with Crippen LogP contribution in [0.1, 0.15) is 31.7 Å². The van der Waals surface area contributed by atoms with Crippen molar-refractivity contribution in [3.63, 3.8) is 0 Å². The van der Waals surface area contributed by atoms with Crippen LogP contribution in [0.15, 0.2) is 40.4 Å². The average molecular weight is 479 g/mol. The first-order valence-corrected chi connectivity index (χ1v) is 12.2. The van der Waals surface area contributed by atoms with Gasteiger partial charge in [0.15, 0.2) is 0 Å². The quantitative estimate of drug-likeness (QED) is 0.353. The predicted octanol–water partition coefficient (Wildman–Crippen LogP) is -0.138. The zero-order chi connectivity index (χ0) is 24.1. The third-order valence-corrected chi connectivity index (χ3v) is 7.56. The molecule has 4 rings (SSSR count). The number of hydrogen-bond donors (Lipinski definition) is 5. The van der Waals surface area contributed by atoms with Gasteiger partial charge in [0.05, 0.1) is 29.0 Å². The number of benzene rings is 1. The number of carboxylic acid groups (broad SMARTS) is 1. The second kappa shape index (κ2) is 8.43. The minimum atomic E-state index is -3.80. The van der Waals surface area contributed by atoms with E-state index >= 15 is 0 Å². The van der Waals surface area contributed by atoms with Gasteiger partial charge in [0.25, 0.3) is 0 Å². The highest BCUT2D eigenvalue weighted by atomic mass is 32.2. The van der Waals surface area contributed by atoms with Gasteiger partial charge in [-0.3, -0.25) is 4.79 Å². The molecule has 3 amide bonds. The van der Waals surface area contributed by atoms with Gasteiger partial charge < -0.3 is 25.7 Å². The lowest BCUT2D eigenvalue weighted by molar-refractivity contribution is -0.163. The first-order valence-electron chi connectivity index (χ1n) is 10.6. The standard InChI is InChI=1S/C21H26N4O7S/c1-10(26)15-17-13-3-2-4-14(16(13)18(20(28)29)25(17)19(15)27)24-21(30)23-9-11-5-7-12(8-6-11)33(22,31)32/h5-8,10,13-15,17,26H,2-4,9H2,1H3,(H,28,29)(H2,22,31,32)(H2,23,24,30)/t10?,13-,14-,15+,17+/m0/s1. The zero-order valence-corrected chi connectivity index (χ0v) is 18.7. The Hall–Kier alpha value is -2.96. The fourth-order valence-corrected chi connectivity index (χ4v) is 5.74. The Bertz CT molecular complexity index is 1130. The van der Waals surface area contributed by atoms with Crippen LogP contribution in [-0.2, 0) is 26.2 Å². The number of primary sulfonamides is 1. The van der Waals surface area contributed by atoms with E-state index in [1.807, 2.05) is 0 Å². The molecule has 1 saturated heterocycles. The van der Waals surface area contributed by atoms with Crippen LogP contribution in [0.2, 0.25) is 0 Å². The Balaban J connectivity index is 1.47. The molecule has 1 unspecified atom stereocenters. The number of nitrogens with two attached hydrogens (primary N) is 1. The maximum absolute atomic E-state index is 12.6. The molecule has 2 aliphatic heterocycles. The highest BCUT2D eigenvalue weighted by molar-refractivity contribution is 7.89. The molecule has 0 radical (unpaired) electrons. The Labute approximate surface area is 190 Å². The lowest BCUT2D eigenvalue weighted by Gasteiger charge is -2.47. The molecule has 0 bridgehead atoms. The van der Waals surface area contributed by atoms with Crippen LogP contribution < -0.4 is 15.8 Å². The van der Waals surface area contributed by atoms with E-state index in [1.54, 1.807) is 0 Å². The van der Waals surface area contributed by atoms with Crippen LogP contribution in [0.4, 0.5) is 4.79 Å². The molecule has 2 heterocycles. The van der Waals surface area contributed by atoms with Gasteiger partial charge in [0, 0.05) is 12.5 Å². The summed E-state index contributed by atoms with van der Waals surface area (Å²) in [5.74, 6) is -2.49. The third kappa shape index (κ3) is 4.09. The summed E-state index contributed by atoms with van der Waals surface area (Å²) in [7, 11) is -3.80. The molecule has 33 heavy (non-hydrogen) atoms. The summed E-state index contributed by atoms with van der Waals surface area (Å²) in [6, 6.07) is 4.30. The van der Waals surface area contributed by atoms with Crippen molar-refractivity contribution >= 4 is 27.9 Å². The summed E-state index contributed by atoms with van der Waals surface area (Å²) >= 11 is 0. The molecule has 6 N–H and O–H groups in total. The molecule has 12 heteroatoms. The Morgan fingerprint density at radius 1 is 1.24 bits per heavy atom. The van der Waals surface area contributed by atoms with E-state index in [-0.39, 0.29) is 23.1 Å². The molecule has 1 saturated carbocycles. The third-order valence-electron chi connectivity index (χ3n) is 6.63. The number of sulfonamides is 1. The normalized spacial score (nSPS) is 27.4. The van der Waals surface area contributed by atoms with Crippen molar-refractivity contribution in [1.29, 1.82) is 0 Å². The maximum atomic E-state index is 12.6. The summed E-state index contributed by atoms with van der Waals surface area (Å²) in [6.07, 6.45) is 1.07. The Kier molecular flexibility index (Phi) is 5.93. The monoisotopic (exact) mass is 478 g/mol. The topological polar surface area (TPSA) is 179 Å². The summed E-state index contributed by atoms with van der Waals surface area (Å²) in [6.45, 7) is 1.65. The first kappa shape index (κ1) is 23.2. The van der Waals surface area contributed by atoms with Gasteiger partial charge in [-0.2, -0.15) is 0 Å². The molecule has 0 spiro atoms. The number of hydrogen-bond acceptors (Lipinski definition) is 6. The number of β-lactam (4-membered cyclic amide) rings is 1.